The fourth-order valence-electron chi connectivity index (χ4n) is 4.02. The number of carbonyl (C=O) groups excluding carboxylic acids is 2. The van der Waals surface area contributed by atoms with E-state index in [1.807, 2.05) is 78.9 Å². The number of nitrogens with one attached hydrogen (secondary N) is 1. The maximum atomic E-state index is 13.0. The molecule has 0 fully saturated rings. The number of hydrogen-bond acceptors (Lipinski definition) is 4. The second-order valence-electron chi connectivity index (χ2n) is 8.10. The molecule has 0 bridgehead atoms. The van der Waals surface area contributed by atoms with Crippen LogP contribution in [0.2, 0.25) is 0 Å². The Morgan fingerprint density at radius 1 is 0.939 bits per heavy atom. The zero-order valence-electron chi connectivity index (χ0n) is 18.0. The zero-order chi connectivity index (χ0) is 22.6. The summed E-state index contributed by atoms with van der Waals surface area (Å²) in [4.78, 5) is 27.2. The highest BCUT2D eigenvalue weighted by molar-refractivity contribution is 5.92. The van der Waals surface area contributed by atoms with Crippen LogP contribution in [-0.4, -0.2) is 21.9 Å². The molecule has 2 aliphatic rings. The van der Waals surface area contributed by atoms with Gasteiger partial charge in [-0.2, -0.15) is 0 Å². The van der Waals surface area contributed by atoms with Gasteiger partial charge in [-0.1, -0.05) is 90.1 Å². The smallest absolute Gasteiger partial charge is 0.293 e. The number of fused-ring (bicyclic) bond motifs is 1. The van der Waals surface area contributed by atoms with Crippen molar-refractivity contribution in [3.8, 4) is 11.3 Å². The van der Waals surface area contributed by atoms with Gasteiger partial charge in [0.2, 0.25) is 11.7 Å². The van der Waals surface area contributed by atoms with Crippen molar-refractivity contribution < 1.29 is 14.1 Å². The van der Waals surface area contributed by atoms with Crippen LogP contribution in [0.25, 0.3) is 11.3 Å². The van der Waals surface area contributed by atoms with E-state index in [2.05, 4.69) is 16.5 Å². The maximum absolute atomic E-state index is 13.0. The third-order valence-corrected chi connectivity index (χ3v) is 5.81. The zero-order valence-corrected chi connectivity index (χ0v) is 18.0. The monoisotopic (exact) mass is 437 g/mol. The highest BCUT2D eigenvalue weighted by Crippen LogP contribution is 2.27. The van der Waals surface area contributed by atoms with E-state index in [9.17, 15) is 9.59 Å². The van der Waals surface area contributed by atoms with Crippen LogP contribution in [0, 0.1) is 5.92 Å². The van der Waals surface area contributed by atoms with Crippen LogP contribution in [0.3, 0.4) is 0 Å². The molecule has 0 atom stereocenters. The number of carbonyl (C=O) groups is 2. The fraction of sp³-hybridized carbons (Fsp3) is 0.148. The third kappa shape index (κ3) is 4.55. The number of amides is 2. The molecule has 0 radical (unpaired) electrons. The standard InChI is InChI=1S/C27H23N3O3/c31-26(21-10-4-1-2-5-11-21)28-16-19-12-13-22-17-30(18-23(22)14-19)27(32)25-15-24(29-33-25)20-8-6-3-7-9-20/h1-15,21H,16-18H2,(H,28,31). The van der Waals surface area contributed by atoms with E-state index in [0.717, 1.165) is 22.3 Å². The molecule has 1 aromatic heterocycles. The lowest BCUT2D eigenvalue weighted by molar-refractivity contribution is -0.122. The molecule has 0 unspecified atom stereocenters. The number of benzene rings is 2. The van der Waals surface area contributed by atoms with Gasteiger partial charge in [-0.25, -0.2) is 0 Å². The van der Waals surface area contributed by atoms with Gasteiger partial charge < -0.3 is 14.7 Å². The van der Waals surface area contributed by atoms with E-state index < -0.39 is 0 Å². The topological polar surface area (TPSA) is 75.4 Å². The van der Waals surface area contributed by atoms with Crippen molar-refractivity contribution in [3.63, 3.8) is 0 Å². The third-order valence-electron chi connectivity index (χ3n) is 5.81. The summed E-state index contributed by atoms with van der Waals surface area (Å²) in [7, 11) is 0. The van der Waals surface area contributed by atoms with Gasteiger partial charge in [0.1, 0.15) is 5.69 Å². The molecule has 3 aromatic rings. The summed E-state index contributed by atoms with van der Waals surface area (Å²) in [6, 6.07) is 17.4. The molecule has 164 valence electrons. The molecule has 0 saturated carbocycles. The van der Waals surface area contributed by atoms with Gasteiger partial charge >= 0.3 is 0 Å². The van der Waals surface area contributed by atoms with Gasteiger partial charge in [-0.15, -0.1) is 0 Å². The Kier molecular flexibility index (Phi) is 5.72. The highest BCUT2D eigenvalue weighted by atomic mass is 16.5. The van der Waals surface area contributed by atoms with Crippen molar-refractivity contribution in [1.29, 1.82) is 0 Å². The van der Waals surface area contributed by atoms with Crippen LogP contribution in [-0.2, 0) is 24.4 Å². The predicted molar refractivity (Wildman–Crippen MR) is 125 cm³/mol. The lowest BCUT2D eigenvalue weighted by Crippen LogP contribution is -2.28. The van der Waals surface area contributed by atoms with Crippen LogP contribution < -0.4 is 5.32 Å². The quantitative estimate of drug-likeness (QED) is 0.642. The van der Waals surface area contributed by atoms with Crippen molar-refractivity contribution in [2.75, 3.05) is 0 Å². The first-order valence-corrected chi connectivity index (χ1v) is 10.9. The van der Waals surface area contributed by atoms with Crippen molar-refractivity contribution in [2.45, 2.75) is 19.6 Å². The Labute approximate surface area is 191 Å². The van der Waals surface area contributed by atoms with Gasteiger partial charge in [-0.05, 0) is 16.7 Å². The molecule has 1 N–H and O–H groups in total. The van der Waals surface area contributed by atoms with Gasteiger partial charge in [0.05, 0.1) is 5.92 Å². The lowest BCUT2D eigenvalue weighted by Gasteiger charge is -2.12. The summed E-state index contributed by atoms with van der Waals surface area (Å²) in [6.07, 6.45) is 11.3. The van der Waals surface area contributed by atoms with E-state index in [1.54, 1.807) is 11.0 Å². The lowest BCUT2D eigenvalue weighted by atomic mass is 10.1. The highest BCUT2D eigenvalue weighted by Gasteiger charge is 2.27. The fourth-order valence-corrected chi connectivity index (χ4v) is 4.02. The predicted octanol–water partition coefficient (Wildman–Crippen LogP) is 4.41. The largest absolute Gasteiger partial charge is 0.351 e. The first-order valence-electron chi connectivity index (χ1n) is 10.9. The SMILES string of the molecule is O=C(NCc1ccc2c(c1)CN(C(=O)c1cc(-c3ccccc3)no1)C2)C1C=CC=CC=C1. The molecule has 1 aliphatic heterocycles. The molecule has 6 nitrogen and oxygen atoms in total. The molecule has 33 heavy (non-hydrogen) atoms. The number of nitrogens with zero attached hydrogens (tertiary/aromatic N) is 2. The minimum absolute atomic E-state index is 0.0388. The van der Waals surface area contributed by atoms with Crippen molar-refractivity contribution >= 4 is 11.8 Å². The minimum atomic E-state index is -0.273. The minimum Gasteiger partial charge on any atom is -0.351 e. The molecule has 1 aliphatic carbocycles. The number of rotatable bonds is 5. The first-order chi connectivity index (χ1) is 16.2. The second-order valence-corrected chi connectivity index (χ2v) is 8.10. The van der Waals surface area contributed by atoms with Crippen LogP contribution in [0.1, 0.15) is 27.2 Å². The number of allylic oxidation sites excluding steroid dienone is 4. The molecular formula is C27H23N3O3. The van der Waals surface area contributed by atoms with E-state index in [0.29, 0.717) is 25.3 Å². The molecule has 0 spiro atoms. The normalized spacial score (nSPS) is 14.8. The summed E-state index contributed by atoms with van der Waals surface area (Å²) in [5, 5.41) is 7.04. The molecular weight excluding hydrogens is 414 g/mol. The number of hydrogen-bond donors (Lipinski definition) is 1. The van der Waals surface area contributed by atoms with Gasteiger partial charge in [0, 0.05) is 31.3 Å². The summed E-state index contributed by atoms with van der Waals surface area (Å²) >= 11 is 0. The summed E-state index contributed by atoms with van der Waals surface area (Å²) < 4.78 is 5.34. The van der Waals surface area contributed by atoms with Gasteiger partial charge in [0.15, 0.2) is 0 Å². The van der Waals surface area contributed by atoms with Crippen molar-refractivity contribution in [2.24, 2.45) is 5.92 Å². The maximum Gasteiger partial charge on any atom is 0.293 e. The van der Waals surface area contributed by atoms with Gasteiger partial charge in [-0.3, -0.25) is 9.59 Å². The van der Waals surface area contributed by atoms with Crippen LogP contribution >= 0.6 is 0 Å². The Hall–Kier alpha value is -4.19. The summed E-state index contributed by atoms with van der Waals surface area (Å²) in [6.45, 7) is 1.46. The number of aromatic nitrogens is 1. The molecule has 2 amide bonds. The molecule has 6 heteroatoms. The molecule has 5 rings (SSSR count). The van der Waals surface area contributed by atoms with Crippen molar-refractivity contribution in [1.82, 2.24) is 15.4 Å². The van der Waals surface area contributed by atoms with Crippen LogP contribution in [0.5, 0.6) is 0 Å². The Balaban J connectivity index is 1.22. The van der Waals surface area contributed by atoms with E-state index in [-0.39, 0.29) is 23.5 Å². The molecule has 0 saturated heterocycles. The van der Waals surface area contributed by atoms with Gasteiger partial charge in [0.25, 0.3) is 5.91 Å². The summed E-state index contributed by atoms with van der Waals surface area (Å²) in [5.74, 6) is -0.266. The van der Waals surface area contributed by atoms with Crippen LogP contribution in [0.15, 0.2) is 95.6 Å². The Bertz CT molecular complexity index is 1250. The second kappa shape index (κ2) is 9.12. The average Bonchev–Trinajstić information content (AvgIpc) is 3.42. The summed E-state index contributed by atoms with van der Waals surface area (Å²) in [5.41, 5.74) is 4.73. The van der Waals surface area contributed by atoms with E-state index in [1.165, 1.54) is 0 Å². The van der Waals surface area contributed by atoms with E-state index in [4.69, 9.17) is 4.52 Å². The Morgan fingerprint density at radius 3 is 2.48 bits per heavy atom. The van der Waals surface area contributed by atoms with Crippen molar-refractivity contribution in [3.05, 3.63) is 114 Å². The van der Waals surface area contributed by atoms with E-state index >= 15 is 0 Å². The Morgan fingerprint density at radius 2 is 1.70 bits per heavy atom. The molecule has 2 aromatic carbocycles. The average molecular weight is 437 g/mol. The first kappa shape index (κ1) is 20.7. The molecule has 2 heterocycles. The van der Waals surface area contributed by atoms with Crippen LogP contribution in [0.4, 0.5) is 0 Å².